The summed E-state index contributed by atoms with van der Waals surface area (Å²) in [6.07, 6.45) is -0.889. The van der Waals surface area contributed by atoms with Crippen LogP contribution in [-0.2, 0) is 12.7 Å². The Morgan fingerprint density at radius 3 is 2.57 bits per heavy atom. The smallest absolute Gasteiger partial charge is 0.432 e. The average molecular weight is 527 g/mol. The summed E-state index contributed by atoms with van der Waals surface area (Å²) in [6.45, 7) is 1.90. The molecule has 0 fully saturated rings. The zero-order valence-electron chi connectivity index (χ0n) is 19.3. The number of carbonyl (C=O) groups is 1. The van der Waals surface area contributed by atoms with E-state index in [0.29, 0.717) is 28.6 Å². The van der Waals surface area contributed by atoms with Crippen molar-refractivity contribution in [1.82, 2.24) is 19.5 Å². The lowest BCUT2D eigenvalue weighted by molar-refractivity contribution is -0.143. The monoisotopic (exact) mass is 526 g/mol. The van der Waals surface area contributed by atoms with E-state index < -0.39 is 29.1 Å². The number of ketones is 1. The summed E-state index contributed by atoms with van der Waals surface area (Å²) >= 11 is 5.95. The van der Waals surface area contributed by atoms with Crippen LogP contribution in [0.2, 0.25) is 5.02 Å². The Hall–Kier alpha value is -4.18. The molecule has 188 valence electrons. The van der Waals surface area contributed by atoms with Crippen LogP contribution in [0.1, 0.15) is 34.4 Å². The molecule has 0 spiro atoms. The van der Waals surface area contributed by atoms with Gasteiger partial charge in [0, 0.05) is 28.7 Å². The number of rotatable bonds is 7. The lowest BCUT2D eigenvalue weighted by atomic mass is 10.1. The fourth-order valence-electron chi connectivity index (χ4n) is 4.09. The van der Waals surface area contributed by atoms with Crippen molar-refractivity contribution in [1.29, 1.82) is 0 Å². The highest BCUT2D eigenvalue weighted by atomic mass is 35.5. The van der Waals surface area contributed by atoms with Crippen LogP contribution < -0.4 is 4.74 Å². The maximum Gasteiger partial charge on any atom is 0.432 e. The quantitative estimate of drug-likeness (QED) is 0.227. The molecule has 5 rings (SSSR count). The molecule has 0 aliphatic heterocycles. The van der Waals surface area contributed by atoms with E-state index in [1.165, 1.54) is 36.9 Å². The minimum atomic E-state index is -4.87. The standard InChI is InChI=1S/C26H18ClF3N4O3/c1-2-36-17-7-8-20-18(11-17)22(23(35)25-32-12-21(37-25)19-9-10-31-14-33-19)24(26(28,29)30)34(20)13-15-3-5-16(27)6-4-15/h3-12,14H,2,13H2,1H3. The molecule has 5 aromatic rings. The van der Waals surface area contributed by atoms with Gasteiger partial charge in [-0.15, -0.1) is 0 Å². The molecule has 0 bridgehead atoms. The average Bonchev–Trinajstić information content (AvgIpc) is 3.49. The van der Waals surface area contributed by atoms with Gasteiger partial charge in [-0.25, -0.2) is 15.0 Å². The molecular formula is C26H18ClF3N4O3. The van der Waals surface area contributed by atoms with E-state index in [9.17, 15) is 18.0 Å². The molecule has 0 aliphatic carbocycles. The number of ether oxygens (including phenoxy) is 1. The number of hydrogen-bond acceptors (Lipinski definition) is 6. The van der Waals surface area contributed by atoms with Crippen molar-refractivity contribution in [3.63, 3.8) is 0 Å². The predicted molar refractivity (Wildman–Crippen MR) is 130 cm³/mol. The highest BCUT2D eigenvalue weighted by Crippen LogP contribution is 2.41. The number of hydrogen-bond donors (Lipinski definition) is 0. The van der Waals surface area contributed by atoms with E-state index in [4.69, 9.17) is 20.8 Å². The molecule has 0 aliphatic rings. The molecule has 3 heterocycles. The second kappa shape index (κ2) is 9.70. The van der Waals surface area contributed by atoms with E-state index in [2.05, 4.69) is 15.0 Å². The lowest BCUT2D eigenvalue weighted by Gasteiger charge is -2.14. The fourth-order valence-corrected chi connectivity index (χ4v) is 4.22. The van der Waals surface area contributed by atoms with Crippen molar-refractivity contribution >= 4 is 28.3 Å². The highest BCUT2D eigenvalue weighted by molar-refractivity contribution is 6.30. The predicted octanol–water partition coefficient (Wildman–Crippen LogP) is 6.44. The Kier molecular flexibility index (Phi) is 6.43. The topological polar surface area (TPSA) is 83.0 Å². The molecular weight excluding hydrogens is 509 g/mol. The summed E-state index contributed by atoms with van der Waals surface area (Å²) in [5.41, 5.74) is -0.577. The summed E-state index contributed by atoms with van der Waals surface area (Å²) in [7, 11) is 0. The number of aromatic nitrogens is 4. The summed E-state index contributed by atoms with van der Waals surface area (Å²) < 4.78 is 56.0. The fraction of sp³-hybridized carbons (Fsp3) is 0.154. The summed E-state index contributed by atoms with van der Waals surface area (Å²) in [4.78, 5) is 25.4. The van der Waals surface area contributed by atoms with Gasteiger partial charge in [-0.3, -0.25) is 4.79 Å². The molecule has 2 aromatic carbocycles. The first kappa shape index (κ1) is 24.5. The number of oxazole rings is 1. The maximum atomic E-state index is 14.6. The maximum absolute atomic E-state index is 14.6. The number of carbonyl (C=O) groups excluding carboxylic acids is 1. The third-order valence-electron chi connectivity index (χ3n) is 5.63. The van der Waals surface area contributed by atoms with E-state index in [1.54, 1.807) is 37.3 Å². The van der Waals surface area contributed by atoms with E-state index in [-0.39, 0.29) is 23.2 Å². The zero-order chi connectivity index (χ0) is 26.2. The molecule has 0 saturated heterocycles. The van der Waals surface area contributed by atoms with Crippen LogP contribution >= 0.6 is 11.6 Å². The van der Waals surface area contributed by atoms with E-state index in [1.807, 2.05) is 0 Å². The van der Waals surface area contributed by atoms with Crippen LogP contribution in [0.15, 0.2) is 71.7 Å². The van der Waals surface area contributed by atoms with Crippen LogP contribution in [0.3, 0.4) is 0 Å². The van der Waals surface area contributed by atoms with Crippen LogP contribution in [0.4, 0.5) is 13.2 Å². The number of fused-ring (bicyclic) bond motifs is 1. The Bertz CT molecular complexity index is 1580. The van der Waals surface area contributed by atoms with Crippen LogP contribution in [0.5, 0.6) is 5.75 Å². The first-order valence-electron chi connectivity index (χ1n) is 11.1. The van der Waals surface area contributed by atoms with E-state index in [0.717, 1.165) is 4.57 Å². The van der Waals surface area contributed by atoms with Gasteiger partial charge in [0.15, 0.2) is 5.76 Å². The molecule has 37 heavy (non-hydrogen) atoms. The van der Waals surface area contributed by atoms with Gasteiger partial charge >= 0.3 is 6.18 Å². The van der Waals surface area contributed by atoms with Gasteiger partial charge in [0.1, 0.15) is 23.5 Å². The van der Waals surface area contributed by atoms with Gasteiger partial charge in [-0.05, 0) is 48.9 Å². The minimum Gasteiger partial charge on any atom is -0.494 e. The zero-order valence-corrected chi connectivity index (χ0v) is 20.0. The highest BCUT2D eigenvalue weighted by Gasteiger charge is 2.42. The molecule has 0 unspecified atom stereocenters. The number of benzene rings is 2. The molecule has 0 saturated carbocycles. The van der Waals surface area contributed by atoms with Gasteiger partial charge in [-0.1, -0.05) is 23.7 Å². The molecule has 3 aromatic heterocycles. The molecule has 11 heteroatoms. The molecule has 0 amide bonds. The SMILES string of the molecule is CCOc1ccc2c(c1)c(C(=O)c1ncc(-c3ccncn3)o1)c(C(F)(F)F)n2Cc1ccc(Cl)cc1. The van der Waals surface area contributed by atoms with Crippen molar-refractivity contribution < 1.29 is 27.1 Å². The Morgan fingerprint density at radius 1 is 1.11 bits per heavy atom. The van der Waals surface area contributed by atoms with Crippen molar-refractivity contribution in [2.45, 2.75) is 19.6 Å². The summed E-state index contributed by atoms with van der Waals surface area (Å²) in [6, 6.07) is 12.5. The van der Waals surface area contributed by atoms with Crippen LogP contribution in [0, 0.1) is 0 Å². The molecule has 7 nitrogen and oxygen atoms in total. The van der Waals surface area contributed by atoms with Gasteiger partial charge in [0.25, 0.3) is 11.7 Å². The van der Waals surface area contributed by atoms with Crippen molar-refractivity contribution in [2.24, 2.45) is 0 Å². The van der Waals surface area contributed by atoms with Crippen molar-refractivity contribution in [3.05, 3.63) is 95.0 Å². The minimum absolute atomic E-state index is 0.0685. The number of nitrogens with zero attached hydrogens (tertiary/aromatic N) is 4. The first-order chi connectivity index (χ1) is 17.8. The van der Waals surface area contributed by atoms with Crippen LogP contribution in [-0.4, -0.2) is 31.9 Å². The summed E-state index contributed by atoms with van der Waals surface area (Å²) in [5.74, 6) is -1.05. The Morgan fingerprint density at radius 2 is 1.89 bits per heavy atom. The third-order valence-corrected chi connectivity index (χ3v) is 5.88. The van der Waals surface area contributed by atoms with E-state index >= 15 is 0 Å². The third kappa shape index (κ3) is 4.79. The van der Waals surface area contributed by atoms with Gasteiger partial charge in [0.2, 0.25) is 0 Å². The normalized spacial score (nSPS) is 11.7. The molecule has 0 N–H and O–H groups in total. The number of alkyl halides is 3. The first-order valence-corrected chi connectivity index (χ1v) is 11.5. The Balaban J connectivity index is 1.71. The molecule has 0 radical (unpaired) electrons. The molecule has 0 atom stereocenters. The number of halogens is 4. The lowest BCUT2D eigenvalue weighted by Crippen LogP contribution is -2.18. The second-order valence-electron chi connectivity index (χ2n) is 8.00. The van der Waals surface area contributed by atoms with Crippen LogP contribution in [0.25, 0.3) is 22.4 Å². The second-order valence-corrected chi connectivity index (χ2v) is 8.44. The Labute approximate surface area is 213 Å². The van der Waals surface area contributed by atoms with Crippen molar-refractivity contribution in [3.8, 4) is 17.2 Å². The largest absolute Gasteiger partial charge is 0.494 e. The summed E-state index contributed by atoms with van der Waals surface area (Å²) in [5, 5.41) is 0.525. The van der Waals surface area contributed by atoms with Gasteiger partial charge in [0.05, 0.1) is 18.4 Å². The van der Waals surface area contributed by atoms with Crippen molar-refractivity contribution in [2.75, 3.05) is 6.61 Å². The van der Waals surface area contributed by atoms with Gasteiger partial charge in [-0.2, -0.15) is 13.2 Å². The van der Waals surface area contributed by atoms with Gasteiger partial charge < -0.3 is 13.7 Å².